The van der Waals surface area contributed by atoms with E-state index >= 15 is 0 Å². The Balaban J connectivity index is 1.42. The molecule has 3 rings (SSSR count). The number of nitrogens with one attached hydrogen (secondary N) is 1. The Kier molecular flexibility index (Phi) is 7.70. The van der Waals surface area contributed by atoms with Gasteiger partial charge in [-0.15, -0.1) is 0 Å². The van der Waals surface area contributed by atoms with Crippen LogP contribution in [0.2, 0.25) is 0 Å². The number of carbonyl (C=O) groups excluding carboxylic acids is 2. The Bertz CT molecular complexity index is 838. The zero-order chi connectivity index (χ0) is 21.3. The summed E-state index contributed by atoms with van der Waals surface area (Å²) in [5.74, 6) is 1.84. The minimum absolute atomic E-state index is 0.00728. The monoisotopic (exact) mass is 414 g/mol. The van der Waals surface area contributed by atoms with Crippen molar-refractivity contribution in [2.75, 3.05) is 27.3 Å². The molecule has 0 unspecified atom stereocenters. The molecule has 1 aliphatic rings. The summed E-state index contributed by atoms with van der Waals surface area (Å²) in [5.41, 5.74) is 0.903. The molecule has 0 bridgehead atoms. The number of rotatable bonds is 9. The fourth-order valence-electron chi connectivity index (χ4n) is 3.78. The Morgan fingerprint density at radius 2 is 2.13 bits per heavy atom. The van der Waals surface area contributed by atoms with Gasteiger partial charge in [0.05, 0.1) is 14.2 Å². The second-order valence-corrected chi connectivity index (χ2v) is 7.54. The normalized spacial score (nSPS) is 16.2. The Labute approximate surface area is 177 Å². The maximum atomic E-state index is 12.5. The third kappa shape index (κ3) is 5.98. The van der Waals surface area contributed by atoms with Gasteiger partial charge in [0, 0.05) is 50.1 Å². The van der Waals surface area contributed by atoms with E-state index in [1.807, 2.05) is 23.1 Å². The number of carbonyl (C=O) groups is 2. The molecule has 8 heteroatoms. The van der Waals surface area contributed by atoms with Gasteiger partial charge in [0.15, 0.2) is 0 Å². The number of amides is 2. The van der Waals surface area contributed by atoms with Gasteiger partial charge >= 0.3 is 0 Å². The van der Waals surface area contributed by atoms with E-state index in [0.29, 0.717) is 36.9 Å². The number of nitrogens with zero attached hydrogens (tertiary/aromatic N) is 3. The number of hydrogen-bond acceptors (Lipinski definition) is 5. The molecule has 1 aromatic carbocycles. The molecular formula is C22H30N4O4. The molecule has 1 atom stereocenters. The van der Waals surface area contributed by atoms with Crippen LogP contribution < -0.4 is 14.8 Å². The lowest BCUT2D eigenvalue weighted by atomic mass is 9.93. The number of likely N-dealkylation sites (tertiary alicyclic amines) is 1. The Morgan fingerprint density at radius 3 is 2.87 bits per heavy atom. The molecule has 0 aliphatic carbocycles. The predicted octanol–water partition coefficient (Wildman–Crippen LogP) is 2.24. The van der Waals surface area contributed by atoms with Crippen molar-refractivity contribution in [2.24, 2.45) is 5.92 Å². The molecule has 1 N–H and O–H groups in total. The van der Waals surface area contributed by atoms with Gasteiger partial charge in [-0.3, -0.25) is 14.3 Å². The van der Waals surface area contributed by atoms with Crippen molar-refractivity contribution >= 4 is 11.8 Å². The summed E-state index contributed by atoms with van der Waals surface area (Å²) in [7, 11) is 3.20. The van der Waals surface area contributed by atoms with Gasteiger partial charge in [0.25, 0.3) is 0 Å². The smallest absolute Gasteiger partial charge is 0.244 e. The summed E-state index contributed by atoms with van der Waals surface area (Å²) in [4.78, 5) is 26.7. The molecular weight excluding hydrogens is 384 g/mol. The van der Waals surface area contributed by atoms with Gasteiger partial charge in [-0.1, -0.05) is 0 Å². The van der Waals surface area contributed by atoms with E-state index < -0.39 is 0 Å². The number of benzene rings is 1. The first-order valence-electron chi connectivity index (χ1n) is 10.3. The van der Waals surface area contributed by atoms with E-state index in [1.54, 1.807) is 37.4 Å². The van der Waals surface area contributed by atoms with Crippen molar-refractivity contribution in [2.45, 2.75) is 38.8 Å². The van der Waals surface area contributed by atoms with Crippen molar-refractivity contribution in [1.82, 2.24) is 20.0 Å². The highest BCUT2D eigenvalue weighted by atomic mass is 16.5. The van der Waals surface area contributed by atoms with Crippen molar-refractivity contribution in [3.8, 4) is 11.5 Å². The van der Waals surface area contributed by atoms with E-state index in [9.17, 15) is 9.59 Å². The molecule has 8 nitrogen and oxygen atoms in total. The van der Waals surface area contributed by atoms with Gasteiger partial charge in [-0.05, 0) is 43.4 Å². The maximum absolute atomic E-state index is 12.5. The average Bonchev–Trinajstić information content (AvgIpc) is 3.29. The lowest BCUT2D eigenvalue weighted by Gasteiger charge is -2.32. The van der Waals surface area contributed by atoms with Crippen molar-refractivity contribution in [3.05, 3.63) is 42.2 Å². The summed E-state index contributed by atoms with van der Waals surface area (Å²) in [6.07, 6.45) is 6.71. The fourth-order valence-corrected chi connectivity index (χ4v) is 3.78. The minimum Gasteiger partial charge on any atom is -0.497 e. The molecule has 162 valence electrons. The first-order valence-corrected chi connectivity index (χ1v) is 10.3. The van der Waals surface area contributed by atoms with Crippen LogP contribution in [0.1, 0.15) is 31.2 Å². The highest BCUT2D eigenvalue weighted by Gasteiger charge is 2.24. The molecule has 1 saturated heterocycles. The third-order valence-corrected chi connectivity index (χ3v) is 5.48. The number of methoxy groups -OCH3 is 2. The van der Waals surface area contributed by atoms with E-state index in [0.717, 1.165) is 31.4 Å². The topological polar surface area (TPSA) is 85.7 Å². The largest absolute Gasteiger partial charge is 0.497 e. The standard InChI is InChI=1S/C22H30N4O4/c1-29-19-8-7-18(20(13-19)30-2)14-23-21(27)9-6-17-5-3-11-25(15-17)22(28)16-26-12-4-10-24-26/h4,7-8,10,12-13,17H,3,5-6,9,11,14-16H2,1-2H3,(H,23,27)/t17-/m1/s1. The molecule has 0 radical (unpaired) electrons. The molecule has 2 aromatic rings. The summed E-state index contributed by atoms with van der Waals surface area (Å²) < 4.78 is 12.2. The quantitative estimate of drug-likeness (QED) is 0.680. The summed E-state index contributed by atoms with van der Waals surface area (Å²) >= 11 is 0. The summed E-state index contributed by atoms with van der Waals surface area (Å²) in [6, 6.07) is 7.36. The van der Waals surface area contributed by atoms with Crippen LogP contribution in [-0.4, -0.2) is 53.8 Å². The lowest BCUT2D eigenvalue weighted by Crippen LogP contribution is -2.41. The van der Waals surface area contributed by atoms with Crippen molar-refractivity contribution in [3.63, 3.8) is 0 Å². The van der Waals surface area contributed by atoms with Gasteiger partial charge in [0.2, 0.25) is 11.8 Å². The highest BCUT2D eigenvalue weighted by Crippen LogP contribution is 2.25. The van der Waals surface area contributed by atoms with Crippen molar-refractivity contribution in [1.29, 1.82) is 0 Å². The van der Waals surface area contributed by atoms with E-state index in [1.165, 1.54) is 0 Å². The van der Waals surface area contributed by atoms with E-state index in [-0.39, 0.29) is 18.4 Å². The Morgan fingerprint density at radius 1 is 1.27 bits per heavy atom. The molecule has 2 amide bonds. The van der Waals surface area contributed by atoms with Crippen molar-refractivity contribution < 1.29 is 19.1 Å². The first kappa shape index (κ1) is 21.7. The van der Waals surface area contributed by atoms with Crippen LogP contribution in [0.5, 0.6) is 11.5 Å². The number of aromatic nitrogens is 2. The second kappa shape index (κ2) is 10.7. The molecule has 0 saturated carbocycles. The highest BCUT2D eigenvalue weighted by molar-refractivity contribution is 5.76. The van der Waals surface area contributed by atoms with Crippen LogP contribution >= 0.6 is 0 Å². The minimum atomic E-state index is 0.00728. The van der Waals surface area contributed by atoms with Gasteiger partial charge < -0.3 is 19.7 Å². The van der Waals surface area contributed by atoms with Crippen LogP contribution in [0, 0.1) is 5.92 Å². The fraction of sp³-hybridized carbons (Fsp3) is 0.500. The molecule has 0 spiro atoms. The van der Waals surface area contributed by atoms with Gasteiger partial charge in [0.1, 0.15) is 18.0 Å². The van der Waals surface area contributed by atoms with Crippen LogP contribution in [0.3, 0.4) is 0 Å². The number of hydrogen-bond donors (Lipinski definition) is 1. The molecule has 1 aliphatic heterocycles. The molecule has 1 fully saturated rings. The third-order valence-electron chi connectivity index (χ3n) is 5.48. The summed E-state index contributed by atoms with van der Waals surface area (Å²) in [5, 5.41) is 7.06. The zero-order valence-electron chi connectivity index (χ0n) is 17.7. The predicted molar refractivity (Wildman–Crippen MR) is 112 cm³/mol. The Hall–Kier alpha value is -3.03. The van der Waals surface area contributed by atoms with Crippen LogP contribution in [-0.2, 0) is 22.7 Å². The SMILES string of the molecule is COc1ccc(CNC(=O)CC[C@H]2CCCN(C(=O)Cn3cccn3)C2)c(OC)c1. The van der Waals surface area contributed by atoms with Crippen LogP contribution in [0.25, 0.3) is 0 Å². The number of ether oxygens (including phenoxy) is 2. The molecule has 2 heterocycles. The van der Waals surface area contributed by atoms with E-state index in [2.05, 4.69) is 10.4 Å². The van der Waals surface area contributed by atoms with Gasteiger partial charge in [-0.25, -0.2) is 0 Å². The molecule has 1 aromatic heterocycles. The maximum Gasteiger partial charge on any atom is 0.244 e. The second-order valence-electron chi connectivity index (χ2n) is 7.54. The van der Waals surface area contributed by atoms with Crippen LogP contribution in [0.4, 0.5) is 0 Å². The van der Waals surface area contributed by atoms with E-state index in [4.69, 9.17) is 9.47 Å². The van der Waals surface area contributed by atoms with Crippen LogP contribution in [0.15, 0.2) is 36.7 Å². The zero-order valence-corrected chi connectivity index (χ0v) is 17.7. The summed E-state index contributed by atoms with van der Waals surface area (Å²) in [6.45, 7) is 2.16. The molecule has 30 heavy (non-hydrogen) atoms. The average molecular weight is 415 g/mol. The lowest BCUT2D eigenvalue weighted by molar-refractivity contribution is -0.133. The van der Waals surface area contributed by atoms with Gasteiger partial charge in [-0.2, -0.15) is 5.10 Å². The number of piperidine rings is 1. The first-order chi connectivity index (χ1) is 14.6.